The molecule has 0 aliphatic heterocycles. The Hall–Kier alpha value is -1.73. The van der Waals surface area contributed by atoms with E-state index in [2.05, 4.69) is 14.9 Å². The zero-order chi connectivity index (χ0) is 16.8. The summed E-state index contributed by atoms with van der Waals surface area (Å²) in [7, 11) is 1.68. The van der Waals surface area contributed by atoms with E-state index in [4.69, 9.17) is 9.15 Å². The molecule has 6 nitrogen and oxygen atoms in total. The molecule has 2 heterocycles. The fourth-order valence-corrected chi connectivity index (χ4v) is 3.13. The number of hydrogen-bond acceptors (Lipinski definition) is 5. The quantitative estimate of drug-likeness (QED) is 0.750. The average molecular weight is 337 g/mol. The van der Waals surface area contributed by atoms with Crippen molar-refractivity contribution >= 4 is 17.7 Å². The summed E-state index contributed by atoms with van der Waals surface area (Å²) in [5.74, 6) is 1.01. The fourth-order valence-electron chi connectivity index (χ4n) is 2.20. The Bertz CT molecular complexity index is 637. The first kappa shape index (κ1) is 17.6. The molecule has 7 heteroatoms. The molecule has 2 rings (SSSR count). The van der Waals surface area contributed by atoms with Crippen molar-refractivity contribution in [1.82, 2.24) is 14.9 Å². The number of aromatic nitrogens is 2. The molecule has 0 aromatic carbocycles. The highest BCUT2D eigenvalue weighted by atomic mass is 32.2. The molecule has 0 spiro atoms. The Kier molecular flexibility index (Phi) is 6.29. The van der Waals surface area contributed by atoms with E-state index in [1.54, 1.807) is 13.4 Å². The van der Waals surface area contributed by atoms with Crippen molar-refractivity contribution in [2.24, 2.45) is 0 Å². The second-order valence-corrected chi connectivity index (χ2v) is 6.25. The Balaban J connectivity index is 1.92. The molecule has 1 atom stereocenters. The van der Waals surface area contributed by atoms with E-state index in [-0.39, 0.29) is 11.9 Å². The lowest BCUT2D eigenvalue weighted by Gasteiger charge is -2.12. The molecule has 2 aromatic heterocycles. The van der Waals surface area contributed by atoms with Gasteiger partial charge in [-0.25, -0.2) is 4.98 Å². The number of carbonyl (C=O) groups excluding carboxylic acids is 1. The van der Waals surface area contributed by atoms with Crippen molar-refractivity contribution in [1.29, 1.82) is 0 Å². The SMILES string of the molecule is COCCn1c(SCC(=O)N[C@@H](C)c2ccco2)nc(C)c1C. The largest absolute Gasteiger partial charge is 0.467 e. The van der Waals surface area contributed by atoms with Crippen LogP contribution in [0.5, 0.6) is 0 Å². The topological polar surface area (TPSA) is 69.3 Å². The van der Waals surface area contributed by atoms with Gasteiger partial charge < -0.3 is 19.0 Å². The summed E-state index contributed by atoms with van der Waals surface area (Å²) in [6.07, 6.45) is 1.60. The summed E-state index contributed by atoms with van der Waals surface area (Å²) < 4.78 is 12.5. The van der Waals surface area contributed by atoms with Gasteiger partial charge in [-0.1, -0.05) is 11.8 Å². The first-order valence-corrected chi connectivity index (χ1v) is 8.49. The molecule has 23 heavy (non-hydrogen) atoms. The maximum absolute atomic E-state index is 12.1. The Morgan fingerprint density at radius 2 is 2.30 bits per heavy atom. The molecule has 0 fully saturated rings. The molecule has 2 aromatic rings. The fraction of sp³-hybridized carbons (Fsp3) is 0.500. The minimum absolute atomic E-state index is 0.0458. The Morgan fingerprint density at radius 3 is 2.96 bits per heavy atom. The minimum Gasteiger partial charge on any atom is -0.467 e. The number of imidazole rings is 1. The Morgan fingerprint density at radius 1 is 1.52 bits per heavy atom. The van der Waals surface area contributed by atoms with E-state index in [0.717, 1.165) is 28.8 Å². The molecule has 0 saturated carbocycles. The summed E-state index contributed by atoms with van der Waals surface area (Å²) in [5, 5.41) is 3.77. The van der Waals surface area contributed by atoms with Gasteiger partial charge in [0.15, 0.2) is 5.16 Å². The average Bonchev–Trinajstić information content (AvgIpc) is 3.14. The standard InChI is InChI=1S/C16H23N3O3S/c1-11-13(3)19(7-9-21-4)16(18-11)23-10-15(20)17-12(2)14-6-5-8-22-14/h5-6,8,12H,7,9-10H2,1-4H3,(H,17,20)/t12-/m0/s1. The van der Waals surface area contributed by atoms with Gasteiger partial charge in [-0.05, 0) is 32.9 Å². The maximum Gasteiger partial charge on any atom is 0.231 e. The van der Waals surface area contributed by atoms with E-state index in [1.165, 1.54) is 11.8 Å². The number of furan rings is 1. The highest BCUT2D eigenvalue weighted by molar-refractivity contribution is 7.99. The van der Waals surface area contributed by atoms with Crippen LogP contribution >= 0.6 is 11.8 Å². The van der Waals surface area contributed by atoms with Crippen molar-refractivity contribution < 1.29 is 13.9 Å². The van der Waals surface area contributed by atoms with Gasteiger partial charge >= 0.3 is 0 Å². The highest BCUT2D eigenvalue weighted by Gasteiger charge is 2.15. The third-order valence-corrected chi connectivity index (χ3v) is 4.60. The number of ether oxygens (including phenoxy) is 1. The summed E-state index contributed by atoms with van der Waals surface area (Å²) in [4.78, 5) is 16.6. The molecular weight excluding hydrogens is 314 g/mol. The number of nitrogens with zero attached hydrogens (tertiary/aromatic N) is 2. The lowest BCUT2D eigenvalue weighted by Crippen LogP contribution is -2.28. The number of hydrogen-bond donors (Lipinski definition) is 1. The van der Waals surface area contributed by atoms with Crippen molar-refractivity contribution in [3.8, 4) is 0 Å². The number of carbonyl (C=O) groups is 1. The Labute approximate surface area is 140 Å². The molecule has 0 aliphatic carbocycles. The predicted molar refractivity (Wildman–Crippen MR) is 89.6 cm³/mol. The van der Waals surface area contributed by atoms with E-state index in [9.17, 15) is 4.79 Å². The van der Waals surface area contributed by atoms with Crippen LogP contribution in [0.4, 0.5) is 0 Å². The van der Waals surface area contributed by atoms with Gasteiger partial charge in [0.05, 0.1) is 30.4 Å². The molecule has 0 aliphatic rings. The first-order chi connectivity index (χ1) is 11.0. The number of methoxy groups -OCH3 is 1. The summed E-state index contributed by atoms with van der Waals surface area (Å²) >= 11 is 1.43. The van der Waals surface area contributed by atoms with Crippen molar-refractivity contribution in [2.45, 2.75) is 38.5 Å². The third kappa shape index (κ3) is 4.62. The summed E-state index contributed by atoms with van der Waals surface area (Å²) in [5.41, 5.74) is 2.09. The van der Waals surface area contributed by atoms with E-state index < -0.39 is 0 Å². The monoisotopic (exact) mass is 337 g/mol. The number of aryl methyl sites for hydroxylation is 1. The predicted octanol–water partition coefficient (Wildman–Crippen LogP) is 2.71. The number of amides is 1. The van der Waals surface area contributed by atoms with Crippen LogP contribution in [0.3, 0.4) is 0 Å². The molecule has 1 amide bonds. The molecule has 0 saturated heterocycles. The zero-order valence-corrected chi connectivity index (χ0v) is 14.8. The molecule has 0 bridgehead atoms. The maximum atomic E-state index is 12.1. The minimum atomic E-state index is -0.144. The van der Waals surface area contributed by atoms with Crippen LogP contribution in [-0.4, -0.2) is 34.9 Å². The van der Waals surface area contributed by atoms with Crippen LogP contribution < -0.4 is 5.32 Å². The molecule has 0 radical (unpaired) electrons. The van der Waals surface area contributed by atoms with Gasteiger partial charge in [0.2, 0.25) is 5.91 Å². The van der Waals surface area contributed by atoms with Crippen LogP contribution in [0, 0.1) is 13.8 Å². The molecule has 1 N–H and O–H groups in total. The summed E-state index contributed by atoms with van der Waals surface area (Å²) in [6, 6.07) is 3.52. The lowest BCUT2D eigenvalue weighted by atomic mass is 10.2. The second kappa shape index (κ2) is 8.21. The van der Waals surface area contributed by atoms with Crippen LogP contribution in [-0.2, 0) is 16.1 Å². The number of rotatable bonds is 8. The highest BCUT2D eigenvalue weighted by Crippen LogP contribution is 2.21. The summed E-state index contributed by atoms with van der Waals surface area (Å²) in [6.45, 7) is 7.25. The van der Waals surface area contributed by atoms with Gasteiger partial charge in [-0.2, -0.15) is 0 Å². The second-order valence-electron chi connectivity index (χ2n) is 5.30. The van der Waals surface area contributed by atoms with E-state index >= 15 is 0 Å². The lowest BCUT2D eigenvalue weighted by molar-refractivity contribution is -0.119. The van der Waals surface area contributed by atoms with Gasteiger partial charge in [-0.3, -0.25) is 4.79 Å². The van der Waals surface area contributed by atoms with Gasteiger partial charge in [0.25, 0.3) is 0 Å². The number of nitrogens with one attached hydrogen (secondary N) is 1. The molecule has 0 unspecified atom stereocenters. The van der Waals surface area contributed by atoms with Crippen molar-refractivity contribution in [2.75, 3.05) is 19.5 Å². The van der Waals surface area contributed by atoms with E-state index in [0.29, 0.717) is 12.4 Å². The molecular formula is C16H23N3O3S. The third-order valence-electron chi connectivity index (χ3n) is 3.62. The smallest absolute Gasteiger partial charge is 0.231 e. The van der Waals surface area contributed by atoms with Crippen LogP contribution in [0.25, 0.3) is 0 Å². The normalized spacial score (nSPS) is 12.3. The number of thioether (sulfide) groups is 1. The van der Waals surface area contributed by atoms with Crippen molar-refractivity contribution in [3.63, 3.8) is 0 Å². The van der Waals surface area contributed by atoms with Gasteiger partial charge in [0, 0.05) is 19.3 Å². The van der Waals surface area contributed by atoms with Gasteiger partial charge in [0.1, 0.15) is 5.76 Å². The zero-order valence-electron chi connectivity index (χ0n) is 14.0. The first-order valence-electron chi connectivity index (χ1n) is 7.51. The molecule has 126 valence electrons. The van der Waals surface area contributed by atoms with E-state index in [1.807, 2.05) is 32.9 Å². The van der Waals surface area contributed by atoms with Crippen LogP contribution in [0.15, 0.2) is 28.0 Å². The van der Waals surface area contributed by atoms with Crippen molar-refractivity contribution in [3.05, 3.63) is 35.5 Å². The van der Waals surface area contributed by atoms with Crippen LogP contribution in [0.1, 0.15) is 30.1 Å². The van der Waals surface area contributed by atoms with Crippen LogP contribution in [0.2, 0.25) is 0 Å². The van der Waals surface area contributed by atoms with Gasteiger partial charge in [-0.15, -0.1) is 0 Å².